The minimum absolute atomic E-state index is 0.147. The van der Waals surface area contributed by atoms with Crippen molar-refractivity contribution >= 4 is 11.8 Å². The second kappa shape index (κ2) is 3.64. The number of aromatic nitrogens is 2. The van der Waals surface area contributed by atoms with E-state index < -0.39 is 24.2 Å². The third kappa shape index (κ3) is 1.94. The van der Waals surface area contributed by atoms with E-state index in [1.165, 1.54) is 0 Å². The van der Waals surface area contributed by atoms with E-state index in [1.54, 1.807) is 6.92 Å². The molecule has 1 N–H and O–H groups in total. The SMILES string of the molecule is C[C@H]1C[C@H](C(F)(F)F)n2ncc(C(=O)[O-])c2N1. The fourth-order valence-electron chi connectivity index (χ4n) is 1.89. The van der Waals surface area contributed by atoms with Gasteiger partial charge in [-0.25, -0.2) is 4.68 Å². The van der Waals surface area contributed by atoms with Crippen LogP contribution >= 0.6 is 0 Å². The van der Waals surface area contributed by atoms with Crippen LogP contribution in [0.25, 0.3) is 0 Å². The van der Waals surface area contributed by atoms with Crippen LogP contribution in [-0.2, 0) is 0 Å². The Balaban J connectivity index is 2.49. The molecule has 17 heavy (non-hydrogen) atoms. The summed E-state index contributed by atoms with van der Waals surface area (Å²) in [5.74, 6) is -1.69. The second-order valence-corrected chi connectivity index (χ2v) is 3.98. The van der Waals surface area contributed by atoms with Crippen molar-refractivity contribution in [2.45, 2.75) is 31.6 Å². The van der Waals surface area contributed by atoms with Gasteiger partial charge in [-0.1, -0.05) is 0 Å². The van der Waals surface area contributed by atoms with Crippen molar-refractivity contribution in [1.82, 2.24) is 9.78 Å². The van der Waals surface area contributed by atoms with E-state index in [0.717, 1.165) is 6.20 Å². The Morgan fingerprint density at radius 3 is 2.82 bits per heavy atom. The highest BCUT2D eigenvalue weighted by Crippen LogP contribution is 2.39. The van der Waals surface area contributed by atoms with Gasteiger partial charge in [0.05, 0.1) is 17.7 Å². The van der Waals surface area contributed by atoms with E-state index in [2.05, 4.69) is 10.4 Å². The first-order valence-electron chi connectivity index (χ1n) is 4.93. The number of carbonyl (C=O) groups excluding carboxylic acids is 1. The molecule has 5 nitrogen and oxygen atoms in total. The van der Waals surface area contributed by atoms with E-state index in [1.807, 2.05) is 0 Å². The molecule has 0 spiro atoms. The molecule has 1 aliphatic heterocycles. The number of nitrogens with one attached hydrogen (secondary N) is 1. The third-order valence-electron chi connectivity index (χ3n) is 2.65. The molecule has 0 radical (unpaired) electrons. The van der Waals surface area contributed by atoms with E-state index >= 15 is 0 Å². The van der Waals surface area contributed by atoms with Gasteiger partial charge in [0.25, 0.3) is 0 Å². The molecule has 0 saturated carbocycles. The minimum atomic E-state index is -4.46. The van der Waals surface area contributed by atoms with E-state index in [0.29, 0.717) is 4.68 Å². The summed E-state index contributed by atoms with van der Waals surface area (Å²) in [5.41, 5.74) is -0.356. The zero-order chi connectivity index (χ0) is 12.8. The maximum Gasteiger partial charge on any atom is 0.410 e. The highest BCUT2D eigenvalue weighted by molar-refractivity contribution is 5.91. The number of fused-ring (bicyclic) bond motifs is 1. The largest absolute Gasteiger partial charge is 0.545 e. The molecule has 0 aromatic carbocycles. The molecule has 2 atom stereocenters. The van der Waals surface area contributed by atoms with Gasteiger partial charge in [-0.05, 0) is 13.3 Å². The Bertz CT molecular complexity index is 455. The number of alkyl halides is 3. The first kappa shape index (κ1) is 11.7. The van der Waals surface area contributed by atoms with Gasteiger partial charge < -0.3 is 15.2 Å². The first-order valence-corrected chi connectivity index (χ1v) is 4.93. The van der Waals surface area contributed by atoms with Crippen molar-refractivity contribution in [3.63, 3.8) is 0 Å². The number of carbonyl (C=O) groups is 1. The standard InChI is InChI=1S/C9H10F3N3O2/c1-4-2-6(9(10,11)12)15-7(14-4)5(3-13-15)8(16)17/h3-4,6,14H,2H2,1H3,(H,16,17)/p-1/t4-,6+/m0/s1. The van der Waals surface area contributed by atoms with Crippen LogP contribution in [-0.4, -0.2) is 28.0 Å². The van der Waals surface area contributed by atoms with Crippen LogP contribution in [0.4, 0.5) is 19.0 Å². The molecule has 0 aliphatic carbocycles. The average molecular weight is 248 g/mol. The maximum absolute atomic E-state index is 12.8. The van der Waals surface area contributed by atoms with Crippen LogP contribution in [0.5, 0.6) is 0 Å². The summed E-state index contributed by atoms with van der Waals surface area (Å²) in [4.78, 5) is 10.7. The molecular weight excluding hydrogens is 239 g/mol. The lowest BCUT2D eigenvalue weighted by molar-refractivity contribution is -0.255. The summed E-state index contributed by atoms with van der Waals surface area (Å²) in [7, 11) is 0. The van der Waals surface area contributed by atoms with E-state index in [4.69, 9.17) is 0 Å². The lowest BCUT2D eigenvalue weighted by Gasteiger charge is -2.32. The predicted molar refractivity (Wildman–Crippen MR) is 49.4 cm³/mol. The van der Waals surface area contributed by atoms with E-state index in [-0.39, 0.29) is 17.8 Å². The summed E-state index contributed by atoms with van der Waals surface area (Å²) in [5, 5.41) is 16.9. The van der Waals surface area contributed by atoms with Gasteiger partial charge in [0.1, 0.15) is 5.82 Å². The van der Waals surface area contributed by atoms with Crippen molar-refractivity contribution < 1.29 is 23.1 Å². The van der Waals surface area contributed by atoms with Gasteiger partial charge in [-0.15, -0.1) is 0 Å². The molecule has 0 fully saturated rings. The number of halogens is 3. The molecule has 1 aliphatic rings. The monoisotopic (exact) mass is 248 g/mol. The minimum Gasteiger partial charge on any atom is -0.545 e. The number of aromatic carboxylic acids is 1. The molecule has 94 valence electrons. The highest BCUT2D eigenvalue weighted by atomic mass is 19.4. The molecule has 2 rings (SSSR count). The highest BCUT2D eigenvalue weighted by Gasteiger charge is 2.45. The molecule has 0 bridgehead atoms. The summed E-state index contributed by atoms with van der Waals surface area (Å²) in [6.45, 7) is 1.55. The number of rotatable bonds is 1. The molecule has 1 aromatic rings. The smallest absolute Gasteiger partial charge is 0.410 e. The number of anilines is 1. The van der Waals surface area contributed by atoms with E-state index in [9.17, 15) is 23.1 Å². The Labute approximate surface area is 94.2 Å². The molecule has 1 aromatic heterocycles. The van der Waals surface area contributed by atoms with Gasteiger partial charge >= 0.3 is 6.18 Å². The molecule has 0 saturated heterocycles. The van der Waals surface area contributed by atoms with Crippen molar-refractivity contribution in [1.29, 1.82) is 0 Å². The van der Waals surface area contributed by atoms with Crippen molar-refractivity contribution in [2.24, 2.45) is 0 Å². The number of hydrogen-bond acceptors (Lipinski definition) is 4. The van der Waals surface area contributed by atoms with Crippen molar-refractivity contribution in [3.05, 3.63) is 11.8 Å². The van der Waals surface area contributed by atoms with Gasteiger partial charge in [0.15, 0.2) is 6.04 Å². The molecule has 8 heteroatoms. The zero-order valence-electron chi connectivity index (χ0n) is 8.78. The zero-order valence-corrected chi connectivity index (χ0v) is 8.78. The Morgan fingerprint density at radius 1 is 1.65 bits per heavy atom. The van der Waals surface area contributed by atoms with Crippen molar-refractivity contribution in [3.8, 4) is 0 Å². The summed E-state index contributed by atoms with van der Waals surface area (Å²) in [6, 6.07) is -2.29. The molecular formula is C9H9F3N3O2-. The Kier molecular flexibility index (Phi) is 2.52. The summed E-state index contributed by atoms with van der Waals surface area (Å²) >= 11 is 0. The first-order chi connectivity index (χ1) is 7.80. The van der Waals surface area contributed by atoms with Crippen LogP contribution in [0.2, 0.25) is 0 Å². The fraction of sp³-hybridized carbons (Fsp3) is 0.556. The van der Waals surface area contributed by atoms with Crippen LogP contribution in [0.15, 0.2) is 6.20 Å². The summed E-state index contributed by atoms with van der Waals surface area (Å²) < 4.78 is 38.9. The number of nitrogens with zero attached hydrogens (tertiary/aromatic N) is 2. The lowest BCUT2D eigenvalue weighted by atomic mass is 10.1. The topological polar surface area (TPSA) is 70.0 Å². The van der Waals surface area contributed by atoms with Gasteiger partial charge in [-0.3, -0.25) is 0 Å². The van der Waals surface area contributed by atoms with Gasteiger partial charge in [0.2, 0.25) is 0 Å². The molecule has 0 amide bonds. The third-order valence-corrected chi connectivity index (χ3v) is 2.65. The normalized spacial score (nSPS) is 24.0. The molecule has 0 unspecified atom stereocenters. The van der Waals surface area contributed by atoms with Gasteiger partial charge in [0, 0.05) is 6.04 Å². The number of carboxylic acids is 1. The van der Waals surface area contributed by atoms with Crippen LogP contribution in [0.1, 0.15) is 29.7 Å². The average Bonchev–Trinajstić information content (AvgIpc) is 2.57. The van der Waals surface area contributed by atoms with Crippen molar-refractivity contribution in [2.75, 3.05) is 5.32 Å². The number of hydrogen-bond donors (Lipinski definition) is 1. The Hall–Kier alpha value is -1.73. The van der Waals surface area contributed by atoms with Crippen LogP contribution < -0.4 is 10.4 Å². The Morgan fingerprint density at radius 2 is 2.29 bits per heavy atom. The predicted octanol–water partition coefficient (Wildman–Crippen LogP) is 0.554. The van der Waals surface area contributed by atoms with Crippen LogP contribution in [0, 0.1) is 0 Å². The second-order valence-electron chi connectivity index (χ2n) is 3.98. The maximum atomic E-state index is 12.8. The number of carboxylic acid groups (broad SMARTS) is 1. The van der Waals surface area contributed by atoms with Crippen LogP contribution in [0.3, 0.4) is 0 Å². The fourth-order valence-corrected chi connectivity index (χ4v) is 1.89. The lowest BCUT2D eigenvalue weighted by Crippen LogP contribution is -2.38. The quantitative estimate of drug-likeness (QED) is 0.788. The molecule has 2 heterocycles. The summed E-state index contributed by atoms with van der Waals surface area (Å²) in [6.07, 6.45) is -3.78. The van der Waals surface area contributed by atoms with Gasteiger partial charge in [-0.2, -0.15) is 18.3 Å².